The van der Waals surface area contributed by atoms with Crippen LogP contribution in [0.25, 0.3) is 5.00 Å². The van der Waals surface area contributed by atoms with Crippen molar-refractivity contribution in [3.63, 3.8) is 0 Å². The Labute approximate surface area is 205 Å². The zero-order valence-corrected chi connectivity index (χ0v) is 20.0. The molecule has 0 saturated heterocycles. The summed E-state index contributed by atoms with van der Waals surface area (Å²) < 4.78 is 2.15. The van der Waals surface area contributed by atoms with Crippen LogP contribution in [0.1, 0.15) is 44.8 Å². The van der Waals surface area contributed by atoms with Crippen LogP contribution in [0, 0.1) is 12.8 Å². The fourth-order valence-electron chi connectivity index (χ4n) is 4.90. The molecule has 2 aliphatic rings. The van der Waals surface area contributed by atoms with E-state index < -0.39 is 0 Å². The SMILES string of the molecule is Cc1nnc2n1-c1sc3c(c1[C@H](c1ccccc1Cl)NC2)C[C@H](C(=O)NCc1cncnc1)C3. The molecule has 0 bridgehead atoms. The monoisotopic (exact) mass is 491 g/mol. The Morgan fingerprint density at radius 1 is 1.24 bits per heavy atom. The average Bonchev–Trinajstić information content (AvgIpc) is 3.49. The van der Waals surface area contributed by atoms with Crippen molar-refractivity contribution < 1.29 is 4.79 Å². The Morgan fingerprint density at radius 3 is 2.88 bits per heavy atom. The molecule has 6 rings (SSSR count). The fraction of sp³-hybridized carbons (Fsp3) is 0.292. The predicted molar refractivity (Wildman–Crippen MR) is 129 cm³/mol. The normalized spacial score (nSPS) is 18.6. The number of carbonyl (C=O) groups is 1. The lowest BCUT2D eigenvalue weighted by Gasteiger charge is -2.20. The molecule has 0 saturated carbocycles. The third-order valence-corrected chi connectivity index (χ3v) is 8.11. The van der Waals surface area contributed by atoms with Gasteiger partial charge in [-0.2, -0.15) is 0 Å². The molecule has 0 fully saturated rings. The zero-order chi connectivity index (χ0) is 23.2. The standard InChI is InChI=1S/C24H22ClN7OS/c1-13-30-31-20-11-28-22(16-4-2-3-5-18(16)25)21-17-6-15(7-19(17)34-24(21)32(13)20)23(33)29-10-14-8-26-12-27-9-14/h2-5,8-9,12,15,22,28H,6-7,10-11H2,1H3,(H,29,33)/t15-,22-/m0/s1. The van der Waals surface area contributed by atoms with Crippen molar-refractivity contribution in [2.24, 2.45) is 5.92 Å². The van der Waals surface area contributed by atoms with Crippen LogP contribution in [-0.2, 0) is 30.7 Å². The zero-order valence-electron chi connectivity index (χ0n) is 18.5. The highest BCUT2D eigenvalue weighted by Gasteiger charge is 2.38. The first kappa shape index (κ1) is 21.4. The lowest BCUT2D eigenvalue weighted by Crippen LogP contribution is -2.31. The molecule has 1 aliphatic heterocycles. The molecule has 0 spiro atoms. The lowest BCUT2D eigenvalue weighted by molar-refractivity contribution is -0.124. The fourth-order valence-corrected chi connectivity index (χ4v) is 6.66. The lowest BCUT2D eigenvalue weighted by atomic mass is 9.95. The summed E-state index contributed by atoms with van der Waals surface area (Å²) in [6.07, 6.45) is 6.33. The van der Waals surface area contributed by atoms with Gasteiger partial charge in [-0.3, -0.25) is 14.7 Å². The molecule has 4 aromatic rings. The number of halogens is 1. The number of benzene rings is 1. The summed E-state index contributed by atoms with van der Waals surface area (Å²) in [5.74, 6) is 1.69. The van der Waals surface area contributed by atoms with E-state index in [9.17, 15) is 4.79 Å². The van der Waals surface area contributed by atoms with Crippen LogP contribution in [0.4, 0.5) is 0 Å². The van der Waals surface area contributed by atoms with Gasteiger partial charge in [0.1, 0.15) is 17.2 Å². The van der Waals surface area contributed by atoms with E-state index in [2.05, 4.69) is 41.4 Å². The smallest absolute Gasteiger partial charge is 0.224 e. The van der Waals surface area contributed by atoms with E-state index in [4.69, 9.17) is 11.6 Å². The highest BCUT2D eigenvalue weighted by atomic mass is 35.5. The molecule has 172 valence electrons. The minimum Gasteiger partial charge on any atom is -0.352 e. The number of hydrogen-bond donors (Lipinski definition) is 2. The van der Waals surface area contributed by atoms with Crippen LogP contribution in [0.15, 0.2) is 43.0 Å². The molecule has 3 aromatic heterocycles. The quantitative estimate of drug-likeness (QED) is 0.454. The Balaban J connectivity index is 1.35. The van der Waals surface area contributed by atoms with E-state index in [1.54, 1.807) is 23.7 Å². The van der Waals surface area contributed by atoms with Crippen LogP contribution in [0.3, 0.4) is 0 Å². The van der Waals surface area contributed by atoms with Gasteiger partial charge in [-0.25, -0.2) is 9.97 Å². The maximum absolute atomic E-state index is 13.0. The van der Waals surface area contributed by atoms with Gasteiger partial charge >= 0.3 is 0 Å². The van der Waals surface area contributed by atoms with Gasteiger partial charge in [-0.05, 0) is 37.0 Å². The molecule has 1 aliphatic carbocycles. The van der Waals surface area contributed by atoms with Gasteiger partial charge < -0.3 is 5.32 Å². The summed E-state index contributed by atoms with van der Waals surface area (Å²) in [6.45, 7) is 2.98. The number of rotatable bonds is 4. The molecule has 1 amide bonds. The number of fused-ring (bicyclic) bond motifs is 5. The molecule has 2 N–H and O–H groups in total. The van der Waals surface area contributed by atoms with Crippen LogP contribution < -0.4 is 10.6 Å². The second-order valence-corrected chi connectivity index (χ2v) is 10.1. The Hall–Kier alpha value is -3.14. The van der Waals surface area contributed by atoms with Gasteiger partial charge in [0.2, 0.25) is 5.91 Å². The van der Waals surface area contributed by atoms with Crippen LogP contribution in [-0.4, -0.2) is 30.6 Å². The molecule has 1 aromatic carbocycles. The topological polar surface area (TPSA) is 97.6 Å². The highest BCUT2D eigenvalue weighted by molar-refractivity contribution is 7.15. The van der Waals surface area contributed by atoms with Crippen LogP contribution in [0.2, 0.25) is 5.02 Å². The summed E-state index contributed by atoms with van der Waals surface area (Å²) >= 11 is 8.38. The molecule has 0 radical (unpaired) electrons. The van der Waals surface area contributed by atoms with E-state index >= 15 is 0 Å². The van der Waals surface area contributed by atoms with Gasteiger partial charge in [-0.1, -0.05) is 29.8 Å². The van der Waals surface area contributed by atoms with Crippen molar-refractivity contribution in [2.75, 3.05) is 0 Å². The second kappa shape index (κ2) is 8.57. The number of thiophene rings is 1. The number of carbonyl (C=O) groups excluding carboxylic acids is 1. The summed E-state index contributed by atoms with van der Waals surface area (Å²) in [5.41, 5.74) is 4.33. The molecule has 34 heavy (non-hydrogen) atoms. The van der Waals surface area contributed by atoms with E-state index in [1.807, 2.05) is 25.1 Å². The third-order valence-electron chi connectivity index (χ3n) is 6.51. The minimum atomic E-state index is -0.104. The number of amides is 1. The van der Waals surface area contributed by atoms with Gasteiger partial charge in [0, 0.05) is 45.9 Å². The van der Waals surface area contributed by atoms with Crippen molar-refractivity contribution in [1.29, 1.82) is 0 Å². The van der Waals surface area contributed by atoms with E-state index in [0.717, 1.165) is 39.2 Å². The van der Waals surface area contributed by atoms with Crippen molar-refractivity contribution in [1.82, 2.24) is 35.4 Å². The first-order chi connectivity index (χ1) is 16.6. The van der Waals surface area contributed by atoms with Gasteiger partial charge in [-0.15, -0.1) is 21.5 Å². The molecule has 8 nitrogen and oxygen atoms in total. The molecule has 10 heteroatoms. The van der Waals surface area contributed by atoms with Gasteiger partial charge in [0.05, 0.1) is 12.6 Å². The van der Waals surface area contributed by atoms with Crippen molar-refractivity contribution in [2.45, 2.75) is 38.9 Å². The maximum Gasteiger partial charge on any atom is 0.224 e. The molecular weight excluding hydrogens is 470 g/mol. The highest BCUT2D eigenvalue weighted by Crippen LogP contribution is 2.46. The number of hydrogen-bond acceptors (Lipinski definition) is 7. The average molecular weight is 492 g/mol. The molecule has 4 heterocycles. The number of aryl methyl sites for hydroxylation is 1. The summed E-state index contributed by atoms with van der Waals surface area (Å²) in [6, 6.07) is 7.85. The summed E-state index contributed by atoms with van der Waals surface area (Å²) in [5, 5.41) is 17.3. The van der Waals surface area contributed by atoms with Crippen molar-refractivity contribution in [3.8, 4) is 5.00 Å². The second-order valence-electron chi connectivity index (χ2n) is 8.63. The van der Waals surface area contributed by atoms with E-state index in [1.165, 1.54) is 22.3 Å². The Bertz CT molecular complexity index is 1380. The van der Waals surface area contributed by atoms with Crippen molar-refractivity contribution >= 4 is 28.8 Å². The van der Waals surface area contributed by atoms with Gasteiger partial charge in [0.15, 0.2) is 5.82 Å². The Kier molecular flexibility index (Phi) is 5.40. The summed E-state index contributed by atoms with van der Waals surface area (Å²) in [4.78, 5) is 22.3. The molecule has 0 unspecified atom stereocenters. The first-order valence-corrected chi connectivity index (χ1v) is 12.3. The summed E-state index contributed by atoms with van der Waals surface area (Å²) in [7, 11) is 0. The molecular formula is C24H22ClN7OS. The third kappa shape index (κ3) is 3.60. The van der Waals surface area contributed by atoms with E-state index in [0.29, 0.717) is 19.5 Å². The Morgan fingerprint density at radius 2 is 2.06 bits per heavy atom. The largest absolute Gasteiger partial charge is 0.352 e. The van der Waals surface area contributed by atoms with Crippen molar-refractivity contribution in [3.05, 3.63) is 86.8 Å². The first-order valence-electron chi connectivity index (χ1n) is 11.1. The van der Waals surface area contributed by atoms with Gasteiger partial charge in [0.25, 0.3) is 0 Å². The maximum atomic E-state index is 13.0. The number of nitrogens with one attached hydrogen (secondary N) is 2. The molecule has 2 atom stereocenters. The van der Waals surface area contributed by atoms with E-state index in [-0.39, 0.29) is 17.9 Å². The van der Waals surface area contributed by atoms with Crippen LogP contribution >= 0.6 is 22.9 Å². The predicted octanol–water partition coefficient (Wildman–Crippen LogP) is 3.30. The number of nitrogens with zero attached hydrogens (tertiary/aromatic N) is 5. The number of aromatic nitrogens is 5. The minimum absolute atomic E-state index is 0.0537. The van der Waals surface area contributed by atoms with Crippen LogP contribution in [0.5, 0.6) is 0 Å².